The Morgan fingerprint density at radius 2 is 2.03 bits per heavy atom. The fourth-order valence-corrected chi connectivity index (χ4v) is 4.14. The summed E-state index contributed by atoms with van der Waals surface area (Å²) in [5, 5.41) is 12.0. The number of hydrogen-bond donors (Lipinski definition) is 0. The van der Waals surface area contributed by atoms with E-state index in [-0.39, 0.29) is 5.92 Å². The van der Waals surface area contributed by atoms with Gasteiger partial charge in [-0.1, -0.05) is 18.2 Å². The first kappa shape index (κ1) is 20.2. The number of hydrogen-bond acceptors (Lipinski definition) is 7. The van der Waals surface area contributed by atoms with Gasteiger partial charge < -0.3 is 14.2 Å². The molecular weight excluding hydrogens is 398 g/mol. The maximum absolute atomic E-state index is 9.08. The molecule has 3 aromatic rings. The van der Waals surface area contributed by atoms with Crippen LogP contribution in [-0.4, -0.2) is 37.2 Å². The first-order valence-corrected chi connectivity index (χ1v) is 10.6. The van der Waals surface area contributed by atoms with Crippen LogP contribution in [0.2, 0.25) is 0 Å². The molecular formula is C23H23N3O3S. The van der Waals surface area contributed by atoms with Gasteiger partial charge in [0.15, 0.2) is 11.5 Å². The van der Waals surface area contributed by atoms with Crippen molar-refractivity contribution in [3.63, 3.8) is 0 Å². The number of nitrogens with zero attached hydrogens (tertiary/aromatic N) is 3. The second-order valence-electron chi connectivity index (χ2n) is 7.10. The summed E-state index contributed by atoms with van der Waals surface area (Å²) in [4.78, 5) is 6.55. The lowest BCUT2D eigenvalue weighted by Crippen LogP contribution is -2.45. The summed E-state index contributed by atoms with van der Waals surface area (Å²) in [6.07, 6.45) is 1.78. The van der Waals surface area contributed by atoms with Crippen LogP contribution in [0.25, 0.3) is 11.1 Å². The molecule has 0 spiro atoms. The van der Waals surface area contributed by atoms with Crippen molar-refractivity contribution < 1.29 is 14.2 Å². The van der Waals surface area contributed by atoms with E-state index in [1.54, 1.807) is 31.8 Å². The summed E-state index contributed by atoms with van der Waals surface area (Å²) in [7, 11) is 3.29. The fourth-order valence-electron chi connectivity index (χ4n) is 3.61. The van der Waals surface area contributed by atoms with Crippen LogP contribution in [0.3, 0.4) is 0 Å². The molecule has 0 N–H and O–H groups in total. The predicted octanol–water partition coefficient (Wildman–Crippen LogP) is 4.36. The maximum atomic E-state index is 9.08. The Morgan fingerprint density at radius 1 is 1.17 bits per heavy atom. The number of likely N-dealkylation sites (tertiary alicyclic amines) is 1. The minimum Gasteiger partial charge on any atom is -0.493 e. The molecule has 0 saturated carbocycles. The lowest BCUT2D eigenvalue weighted by molar-refractivity contribution is 0.125. The zero-order chi connectivity index (χ0) is 20.9. The van der Waals surface area contributed by atoms with Crippen molar-refractivity contribution in [1.82, 2.24) is 9.88 Å². The summed E-state index contributed by atoms with van der Waals surface area (Å²) in [5.74, 6) is 2.35. The third-order valence-corrected chi connectivity index (χ3v) is 5.90. The molecule has 0 radical (unpaired) electrons. The minimum atomic E-state index is 0.117. The molecule has 30 heavy (non-hydrogen) atoms. The van der Waals surface area contributed by atoms with Gasteiger partial charge in [-0.25, -0.2) is 4.98 Å². The molecule has 7 heteroatoms. The van der Waals surface area contributed by atoms with Gasteiger partial charge in [-0.05, 0) is 23.8 Å². The highest BCUT2D eigenvalue weighted by molar-refractivity contribution is 7.09. The molecule has 1 aromatic heterocycles. The van der Waals surface area contributed by atoms with E-state index < -0.39 is 0 Å². The van der Waals surface area contributed by atoms with Crippen LogP contribution in [0, 0.1) is 17.2 Å². The highest BCUT2D eigenvalue weighted by atomic mass is 32.1. The molecule has 1 aliphatic rings. The number of thiazole rings is 1. The first-order chi connectivity index (χ1) is 14.7. The monoisotopic (exact) mass is 421 g/mol. The van der Waals surface area contributed by atoms with Crippen LogP contribution >= 0.6 is 11.3 Å². The molecule has 4 rings (SSSR count). The van der Waals surface area contributed by atoms with Crippen molar-refractivity contribution in [2.45, 2.75) is 13.2 Å². The minimum absolute atomic E-state index is 0.117. The average Bonchev–Trinajstić information content (AvgIpc) is 3.27. The molecule has 1 saturated heterocycles. The number of aromatic nitrogens is 1. The van der Waals surface area contributed by atoms with Crippen molar-refractivity contribution in [3.8, 4) is 34.4 Å². The molecule has 6 nitrogen and oxygen atoms in total. The van der Waals surface area contributed by atoms with Gasteiger partial charge in [0, 0.05) is 42.3 Å². The van der Waals surface area contributed by atoms with Crippen molar-refractivity contribution in [1.29, 1.82) is 5.26 Å². The van der Waals surface area contributed by atoms with Gasteiger partial charge >= 0.3 is 0 Å². The Morgan fingerprint density at radius 3 is 2.73 bits per heavy atom. The molecule has 0 aliphatic carbocycles. The fraction of sp³-hybridized carbons (Fsp3) is 0.304. The van der Waals surface area contributed by atoms with Crippen LogP contribution < -0.4 is 14.2 Å². The third kappa shape index (κ3) is 4.25. The van der Waals surface area contributed by atoms with Crippen LogP contribution in [0.4, 0.5) is 0 Å². The maximum Gasteiger partial charge on any atom is 0.168 e. The van der Waals surface area contributed by atoms with Crippen molar-refractivity contribution in [2.75, 3.05) is 27.3 Å². The van der Waals surface area contributed by atoms with Crippen molar-refractivity contribution in [2.24, 2.45) is 5.92 Å². The number of rotatable bonds is 8. The van der Waals surface area contributed by atoms with Gasteiger partial charge in [-0.2, -0.15) is 5.26 Å². The summed E-state index contributed by atoms with van der Waals surface area (Å²) in [6.45, 7) is 2.74. The van der Waals surface area contributed by atoms with E-state index >= 15 is 0 Å². The first-order valence-electron chi connectivity index (χ1n) is 9.69. The summed E-state index contributed by atoms with van der Waals surface area (Å²) in [6, 6.07) is 14.4. The number of nitriles is 1. The molecule has 1 aliphatic heterocycles. The number of methoxy groups -OCH3 is 2. The van der Waals surface area contributed by atoms with Gasteiger partial charge in [0.05, 0.1) is 26.2 Å². The van der Waals surface area contributed by atoms with E-state index in [2.05, 4.69) is 22.0 Å². The second-order valence-corrected chi connectivity index (χ2v) is 8.08. The Bertz CT molecular complexity index is 1040. The Balaban J connectivity index is 1.64. The molecule has 0 atom stereocenters. The van der Waals surface area contributed by atoms with E-state index in [4.69, 9.17) is 19.5 Å². The van der Waals surface area contributed by atoms with Crippen LogP contribution in [0.1, 0.15) is 10.6 Å². The van der Waals surface area contributed by atoms with Gasteiger partial charge in [-0.15, -0.1) is 11.3 Å². The molecule has 0 bridgehead atoms. The molecule has 2 heterocycles. The Kier molecular flexibility index (Phi) is 6.17. The average molecular weight is 422 g/mol. The summed E-state index contributed by atoms with van der Waals surface area (Å²) < 4.78 is 17.2. The van der Waals surface area contributed by atoms with Gasteiger partial charge in [0.1, 0.15) is 17.4 Å². The normalized spacial score (nSPS) is 14.0. The number of para-hydroxylation sites is 1. The SMILES string of the molecule is COc1cccc(-c2ccc(OCc3nccs3)c(CN3CC(C#N)C3)c2)c1OC. The smallest absolute Gasteiger partial charge is 0.168 e. The topological polar surface area (TPSA) is 67.6 Å². The lowest BCUT2D eigenvalue weighted by atomic mass is 9.98. The summed E-state index contributed by atoms with van der Waals surface area (Å²) >= 11 is 1.58. The number of benzene rings is 2. The van der Waals surface area contributed by atoms with E-state index in [0.717, 1.165) is 47.1 Å². The highest BCUT2D eigenvalue weighted by Gasteiger charge is 2.27. The van der Waals surface area contributed by atoms with E-state index in [9.17, 15) is 0 Å². The van der Waals surface area contributed by atoms with Crippen LogP contribution in [0.15, 0.2) is 48.0 Å². The van der Waals surface area contributed by atoms with E-state index in [0.29, 0.717) is 18.1 Å². The number of ether oxygens (including phenoxy) is 3. The Labute approximate surface area is 180 Å². The van der Waals surface area contributed by atoms with Crippen LogP contribution in [0.5, 0.6) is 17.2 Å². The third-order valence-electron chi connectivity index (χ3n) is 5.14. The quantitative estimate of drug-likeness (QED) is 0.538. The Hall–Kier alpha value is -3.08. The predicted molar refractivity (Wildman–Crippen MR) is 116 cm³/mol. The van der Waals surface area contributed by atoms with Crippen molar-refractivity contribution in [3.05, 3.63) is 58.5 Å². The highest BCUT2D eigenvalue weighted by Crippen LogP contribution is 2.39. The molecule has 154 valence electrons. The van der Waals surface area contributed by atoms with E-state index in [1.165, 1.54) is 0 Å². The largest absolute Gasteiger partial charge is 0.493 e. The van der Waals surface area contributed by atoms with Crippen molar-refractivity contribution >= 4 is 11.3 Å². The summed E-state index contributed by atoms with van der Waals surface area (Å²) in [5.41, 5.74) is 3.06. The zero-order valence-corrected chi connectivity index (χ0v) is 17.8. The van der Waals surface area contributed by atoms with Crippen LogP contribution in [-0.2, 0) is 13.2 Å². The molecule has 0 unspecified atom stereocenters. The second kappa shape index (κ2) is 9.16. The van der Waals surface area contributed by atoms with Gasteiger partial charge in [-0.3, -0.25) is 4.90 Å². The van der Waals surface area contributed by atoms with E-state index in [1.807, 2.05) is 35.7 Å². The van der Waals surface area contributed by atoms with Gasteiger partial charge in [0.2, 0.25) is 0 Å². The lowest BCUT2D eigenvalue weighted by Gasteiger charge is -2.35. The standard InChI is InChI=1S/C23H23N3O3S/c1-27-21-5-3-4-19(23(21)28-2)17-6-7-20(29-15-22-25-8-9-30-22)18(10-17)14-26-12-16(11-24)13-26/h3-10,16H,12-15H2,1-2H3. The zero-order valence-electron chi connectivity index (χ0n) is 17.0. The molecule has 1 fully saturated rings. The molecule has 2 aromatic carbocycles. The molecule has 0 amide bonds. The van der Waals surface area contributed by atoms with Gasteiger partial charge in [0.25, 0.3) is 0 Å².